The Balaban J connectivity index is 2.44. The molecule has 3 rings (SSSR count). The number of fused-ring (bicyclic) bond motifs is 3. The highest BCUT2D eigenvalue weighted by molar-refractivity contribution is 6.36. The Bertz CT molecular complexity index is 709. The van der Waals surface area contributed by atoms with Gasteiger partial charge in [0.1, 0.15) is 5.75 Å². The molecule has 0 saturated heterocycles. The molecule has 0 aliphatic heterocycles. The number of rotatable bonds is 1. The molecule has 3 heteroatoms. The van der Waals surface area contributed by atoms with Gasteiger partial charge in [0.2, 0.25) is 0 Å². The Kier molecular flexibility index (Phi) is 2.37. The molecule has 17 heavy (non-hydrogen) atoms. The second-order valence-electron chi connectivity index (χ2n) is 3.84. The quantitative estimate of drug-likeness (QED) is 0.602. The summed E-state index contributed by atoms with van der Waals surface area (Å²) in [7, 11) is 1.65. The lowest BCUT2D eigenvalue weighted by Crippen LogP contribution is -1.86. The van der Waals surface area contributed by atoms with E-state index in [9.17, 15) is 0 Å². The second kappa shape index (κ2) is 3.90. The average molecular weight is 244 g/mol. The first-order valence-corrected chi connectivity index (χ1v) is 5.68. The van der Waals surface area contributed by atoms with Crippen LogP contribution in [0.5, 0.6) is 5.75 Å². The summed E-state index contributed by atoms with van der Waals surface area (Å²) < 4.78 is 5.19. The number of methoxy groups -OCH3 is 1. The van der Waals surface area contributed by atoms with Gasteiger partial charge in [-0.3, -0.25) is 4.98 Å². The lowest BCUT2D eigenvalue weighted by Gasteiger charge is -2.06. The first-order valence-electron chi connectivity index (χ1n) is 5.30. The Morgan fingerprint density at radius 3 is 2.76 bits per heavy atom. The minimum Gasteiger partial charge on any atom is -0.497 e. The van der Waals surface area contributed by atoms with Crippen LogP contribution in [0.3, 0.4) is 0 Å². The molecule has 0 fully saturated rings. The Morgan fingerprint density at radius 2 is 1.94 bits per heavy atom. The number of halogens is 1. The summed E-state index contributed by atoms with van der Waals surface area (Å²) in [6.07, 6.45) is 1.80. The fourth-order valence-electron chi connectivity index (χ4n) is 2.01. The van der Waals surface area contributed by atoms with Crippen molar-refractivity contribution < 1.29 is 4.74 Å². The predicted molar refractivity (Wildman–Crippen MR) is 70.8 cm³/mol. The summed E-state index contributed by atoms with van der Waals surface area (Å²) in [5.74, 6) is 0.811. The molecule has 1 heterocycles. The molecule has 0 unspecified atom stereocenters. The Hall–Kier alpha value is -1.80. The summed E-state index contributed by atoms with van der Waals surface area (Å²) in [6, 6.07) is 11.8. The zero-order valence-corrected chi connectivity index (χ0v) is 10.0. The Morgan fingerprint density at radius 1 is 1.06 bits per heavy atom. The van der Waals surface area contributed by atoms with Gasteiger partial charge in [0.05, 0.1) is 12.6 Å². The fourth-order valence-corrected chi connectivity index (χ4v) is 2.23. The van der Waals surface area contributed by atoms with Crippen LogP contribution in [-0.2, 0) is 0 Å². The summed E-state index contributed by atoms with van der Waals surface area (Å²) in [6.45, 7) is 0. The smallest absolute Gasteiger partial charge is 0.121 e. The molecular formula is C14H10ClNO. The van der Waals surface area contributed by atoms with Crippen molar-refractivity contribution in [2.45, 2.75) is 0 Å². The van der Waals surface area contributed by atoms with E-state index < -0.39 is 0 Å². The van der Waals surface area contributed by atoms with Crippen LogP contribution in [0, 0.1) is 0 Å². The minimum atomic E-state index is 0.729. The molecule has 2 nitrogen and oxygen atoms in total. The van der Waals surface area contributed by atoms with Gasteiger partial charge in [-0.05, 0) is 23.6 Å². The standard InChI is InChI=1S/C14H10ClNO/c1-17-9-5-6-11-10-3-2-4-13(15)12(10)8-16-14(11)7-9/h2-8H,1H3. The van der Waals surface area contributed by atoms with Crippen LogP contribution < -0.4 is 4.74 Å². The number of pyridine rings is 1. The molecule has 2 aromatic carbocycles. The first-order chi connectivity index (χ1) is 8.29. The molecule has 0 aliphatic carbocycles. The van der Waals surface area contributed by atoms with Gasteiger partial charge < -0.3 is 4.74 Å². The first kappa shape index (κ1) is 10.4. The van der Waals surface area contributed by atoms with Crippen molar-refractivity contribution in [1.82, 2.24) is 4.98 Å². The van der Waals surface area contributed by atoms with Gasteiger partial charge in [0.25, 0.3) is 0 Å². The van der Waals surface area contributed by atoms with E-state index in [-0.39, 0.29) is 0 Å². The van der Waals surface area contributed by atoms with E-state index in [1.165, 1.54) is 0 Å². The van der Waals surface area contributed by atoms with E-state index in [2.05, 4.69) is 11.1 Å². The number of hydrogen-bond acceptors (Lipinski definition) is 2. The zero-order valence-electron chi connectivity index (χ0n) is 9.27. The van der Waals surface area contributed by atoms with Crippen LogP contribution in [0.25, 0.3) is 21.7 Å². The van der Waals surface area contributed by atoms with Gasteiger partial charge in [-0.1, -0.05) is 23.7 Å². The molecular weight excluding hydrogens is 234 g/mol. The van der Waals surface area contributed by atoms with E-state index in [0.29, 0.717) is 0 Å². The van der Waals surface area contributed by atoms with Crippen LogP contribution in [0.1, 0.15) is 0 Å². The van der Waals surface area contributed by atoms with Gasteiger partial charge in [-0.15, -0.1) is 0 Å². The van der Waals surface area contributed by atoms with E-state index in [4.69, 9.17) is 16.3 Å². The number of ether oxygens (including phenoxy) is 1. The number of aromatic nitrogens is 1. The second-order valence-corrected chi connectivity index (χ2v) is 4.25. The zero-order chi connectivity index (χ0) is 11.8. The van der Waals surface area contributed by atoms with Crippen LogP contribution in [0.4, 0.5) is 0 Å². The van der Waals surface area contributed by atoms with Crippen molar-refractivity contribution >= 4 is 33.3 Å². The average Bonchev–Trinajstić information content (AvgIpc) is 2.38. The SMILES string of the molecule is COc1ccc2c(c1)ncc1c(Cl)cccc12. The molecule has 0 atom stereocenters. The molecule has 0 spiro atoms. The van der Waals surface area contributed by atoms with E-state index >= 15 is 0 Å². The van der Waals surface area contributed by atoms with Gasteiger partial charge in [0.15, 0.2) is 0 Å². The molecule has 0 radical (unpaired) electrons. The highest BCUT2D eigenvalue weighted by Gasteiger charge is 2.05. The van der Waals surface area contributed by atoms with Crippen LogP contribution in [0.15, 0.2) is 42.6 Å². The van der Waals surface area contributed by atoms with Crippen molar-refractivity contribution in [1.29, 1.82) is 0 Å². The van der Waals surface area contributed by atoms with E-state index in [1.807, 2.05) is 30.3 Å². The molecule has 1 aromatic heterocycles. The van der Waals surface area contributed by atoms with E-state index in [0.717, 1.165) is 32.4 Å². The fraction of sp³-hybridized carbons (Fsp3) is 0.0714. The van der Waals surface area contributed by atoms with Crippen LogP contribution >= 0.6 is 11.6 Å². The number of nitrogens with zero attached hydrogens (tertiary/aromatic N) is 1. The van der Waals surface area contributed by atoms with Crippen molar-refractivity contribution in [3.8, 4) is 5.75 Å². The maximum Gasteiger partial charge on any atom is 0.121 e. The lowest BCUT2D eigenvalue weighted by atomic mass is 10.1. The molecule has 0 saturated carbocycles. The summed E-state index contributed by atoms with van der Waals surface area (Å²) in [5.41, 5.74) is 0.916. The van der Waals surface area contributed by atoms with E-state index in [1.54, 1.807) is 13.3 Å². The maximum absolute atomic E-state index is 6.15. The molecule has 0 aliphatic rings. The van der Waals surface area contributed by atoms with Gasteiger partial charge >= 0.3 is 0 Å². The number of hydrogen-bond donors (Lipinski definition) is 0. The monoisotopic (exact) mass is 243 g/mol. The normalized spacial score (nSPS) is 10.9. The maximum atomic E-state index is 6.15. The third kappa shape index (κ3) is 1.61. The molecule has 84 valence electrons. The molecule has 0 N–H and O–H groups in total. The lowest BCUT2D eigenvalue weighted by molar-refractivity contribution is 0.415. The highest BCUT2D eigenvalue weighted by Crippen LogP contribution is 2.30. The summed E-state index contributed by atoms with van der Waals surface area (Å²) in [4.78, 5) is 4.41. The van der Waals surface area contributed by atoms with Crippen molar-refractivity contribution in [3.63, 3.8) is 0 Å². The highest BCUT2D eigenvalue weighted by atomic mass is 35.5. The van der Waals surface area contributed by atoms with Crippen molar-refractivity contribution in [2.24, 2.45) is 0 Å². The third-order valence-corrected chi connectivity index (χ3v) is 3.21. The Labute approximate surface area is 104 Å². The van der Waals surface area contributed by atoms with Crippen molar-refractivity contribution in [2.75, 3.05) is 7.11 Å². The van der Waals surface area contributed by atoms with Gasteiger partial charge in [0, 0.05) is 28.1 Å². The third-order valence-electron chi connectivity index (χ3n) is 2.88. The van der Waals surface area contributed by atoms with Gasteiger partial charge in [-0.2, -0.15) is 0 Å². The van der Waals surface area contributed by atoms with Crippen LogP contribution in [0.2, 0.25) is 5.02 Å². The summed E-state index contributed by atoms with van der Waals surface area (Å²) in [5, 5.41) is 3.91. The minimum absolute atomic E-state index is 0.729. The van der Waals surface area contributed by atoms with Gasteiger partial charge in [-0.25, -0.2) is 0 Å². The molecule has 0 amide bonds. The van der Waals surface area contributed by atoms with Crippen molar-refractivity contribution in [3.05, 3.63) is 47.6 Å². The largest absolute Gasteiger partial charge is 0.497 e. The predicted octanol–water partition coefficient (Wildman–Crippen LogP) is 4.05. The molecule has 0 bridgehead atoms. The van der Waals surface area contributed by atoms with Crippen LogP contribution in [-0.4, -0.2) is 12.1 Å². The topological polar surface area (TPSA) is 22.1 Å². The summed E-state index contributed by atoms with van der Waals surface area (Å²) >= 11 is 6.15. The number of benzene rings is 2. The molecule has 3 aromatic rings.